The molecule has 0 aliphatic heterocycles. The first kappa shape index (κ1) is 23.6. The molecule has 0 unspecified atom stereocenters. The van der Waals surface area contributed by atoms with E-state index < -0.39 is 11.2 Å². The fourth-order valence-corrected chi connectivity index (χ4v) is 4.66. The number of aromatic nitrogens is 5. The molecule has 4 rings (SSSR count). The number of fused-ring (bicyclic) bond motifs is 1. The number of amides is 1. The van der Waals surface area contributed by atoms with Gasteiger partial charge in [0.05, 0.1) is 12.0 Å². The molecule has 4 aromatic rings. The van der Waals surface area contributed by atoms with E-state index >= 15 is 0 Å². The van der Waals surface area contributed by atoms with E-state index in [9.17, 15) is 14.4 Å². The highest BCUT2D eigenvalue weighted by molar-refractivity contribution is 7.14. The van der Waals surface area contributed by atoms with Gasteiger partial charge in [-0.25, -0.2) is 14.8 Å². The van der Waals surface area contributed by atoms with Crippen LogP contribution in [0.3, 0.4) is 0 Å². The SMILES string of the molecule is CC(C)c1ccc(-c2csc(NC(=O)Cn3cnc4c3c(=O)n(C)c(=O)n4C)n2)c(C(C)C)c1. The van der Waals surface area contributed by atoms with Crippen molar-refractivity contribution in [1.29, 1.82) is 0 Å². The highest BCUT2D eigenvalue weighted by atomic mass is 32.1. The molecule has 1 amide bonds. The average molecular weight is 481 g/mol. The monoisotopic (exact) mass is 480 g/mol. The van der Waals surface area contributed by atoms with Gasteiger partial charge in [-0.3, -0.25) is 18.7 Å². The highest BCUT2D eigenvalue weighted by Crippen LogP contribution is 2.33. The van der Waals surface area contributed by atoms with Crippen molar-refractivity contribution < 1.29 is 4.79 Å². The molecule has 0 saturated carbocycles. The number of benzene rings is 1. The Morgan fingerprint density at radius 3 is 2.50 bits per heavy atom. The zero-order chi connectivity index (χ0) is 24.7. The van der Waals surface area contributed by atoms with Crippen LogP contribution in [0.1, 0.15) is 50.7 Å². The normalized spacial score (nSPS) is 11.6. The molecule has 0 bridgehead atoms. The number of nitrogens with zero attached hydrogens (tertiary/aromatic N) is 5. The maximum Gasteiger partial charge on any atom is 0.332 e. The summed E-state index contributed by atoms with van der Waals surface area (Å²) in [7, 11) is 2.94. The Bertz CT molecular complexity index is 1510. The Morgan fingerprint density at radius 2 is 1.82 bits per heavy atom. The number of thiazole rings is 1. The van der Waals surface area contributed by atoms with Gasteiger partial charge in [0.15, 0.2) is 16.3 Å². The molecule has 0 radical (unpaired) electrons. The third-order valence-electron chi connectivity index (χ3n) is 5.92. The highest BCUT2D eigenvalue weighted by Gasteiger charge is 2.18. The van der Waals surface area contributed by atoms with E-state index in [0.29, 0.717) is 17.0 Å². The largest absolute Gasteiger partial charge is 0.332 e. The van der Waals surface area contributed by atoms with E-state index in [2.05, 4.69) is 61.2 Å². The molecule has 10 heteroatoms. The number of hydrogen-bond acceptors (Lipinski definition) is 6. The van der Waals surface area contributed by atoms with Gasteiger partial charge in [0.25, 0.3) is 5.56 Å². The standard InChI is InChI=1S/C24H28N6O3S/c1-13(2)15-7-8-16(17(9-15)14(3)4)18-11-34-23(26-18)27-19(31)10-30-12-25-21-20(30)22(32)29(6)24(33)28(21)5/h7-9,11-14H,10H2,1-6H3,(H,26,27,31). The van der Waals surface area contributed by atoms with Crippen molar-refractivity contribution in [2.24, 2.45) is 14.1 Å². The number of aryl methyl sites for hydroxylation is 1. The first-order valence-electron chi connectivity index (χ1n) is 11.1. The number of carbonyl (C=O) groups is 1. The summed E-state index contributed by atoms with van der Waals surface area (Å²) < 4.78 is 3.74. The number of imidazole rings is 1. The summed E-state index contributed by atoms with van der Waals surface area (Å²) in [6.07, 6.45) is 1.39. The van der Waals surface area contributed by atoms with Gasteiger partial charge in [-0.1, -0.05) is 45.9 Å². The van der Waals surface area contributed by atoms with Crippen molar-refractivity contribution in [3.63, 3.8) is 0 Å². The molecule has 1 aromatic carbocycles. The zero-order valence-corrected chi connectivity index (χ0v) is 20.9. The second-order valence-electron chi connectivity index (χ2n) is 8.99. The third-order valence-corrected chi connectivity index (χ3v) is 6.68. The molecule has 0 spiro atoms. The minimum Gasteiger partial charge on any atom is -0.315 e. The molecule has 1 N–H and O–H groups in total. The third kappa shape index (κ3) is 4.21. The van der Waals surface area contributed by atoms with Crippen LogP contribution in [0.4, 0.5) is 5.13 Å². The Labute approximate surface area is 200 Å². The van der Waals surface area contributed by atoms with Gasteiger partial charge in [0.1, 0.15) is 6.54 Å². The molecular weight excluding hydrogens is 452 g/mol. The van der Waals surface area contributed by atoms with Crippen molar-refractivity contribution in [3.8, 4) is 11.3 Å². The fraction of sp³-hybridized carbons (Fsp3) is 0.375. The summed E-state index contributed by atoms with van der Waals surface area (Å²) >= 11 is 1.35. The number of rotatable bonds is 6. The molecule has 0 atom stereocenters. The molecule has 0 fully saturated rings. The van der Waals surface area contributed by atoms with E-state index in [-0.39, 0.29) is 23.6 Å². The van der Waals surface area contributed by atoms with Gasteiger partial charge in [0, 0.05) is 25.0 Å². The fourth-order valence-electron chi connectivity index (χ4n) is 3.94. The van der Waals surface area contributed by atoms with Crippen LogP contribution in [-0.2, 0) is 25.4 Å². The molecule has 0 aliphatic carbocycles. The predicted octanol–water partition coefficient (Wildman–Crippen LogP) is 3.44. The van der Waals surface area contributed by atoms with Crippen LogP contribution >= 0.6 is 11.3 Å². The predicted molar refractivity (Wildman–Crippen MR) is 135 cm³/mol. The smallest absolute Gasteiger partial charge is 0.315 e. The van der Waals surface area contributed by atoms with Crippen LogP contribution in [0.2, 0.25) is 0 Å². The maximum atomic E-state index is 12.7. The summed E-state index contributed by atoms with van der Waals surface area (Å²) in [5, 5.41) is 5.23. The minimum absolute atomic E-state index is 0.126. The minimum atomic E-state index is -0.494. The maximum absolute atomic E-state index is 12.7. The van der Waals surface area contributed by atoms with Crippen LogP contribution in [0, 0.1) is 0 Å². The lowest BCUT2D eigenvalue weighted by Crippen LogP contribution is -2.37. The second-order valence-corrected chi connectivity index (χ2v) is 9.85. The van der Waals surface area contributed by atoms with E-state index in [0.717, 1.165) is 15.8 Å². The summed E-state index contributed by atoms with van der Waals surface area (Å²) in [4.78, 5) is 46.2. The average Bonchev–Trinajstić information content (AvgIpc) is 3.43. The van der Waals surface area contributed by atoms with Crippen LogP contribution in [0.25, 0.3) is 22.4 Å². The topological polar surface area (TPSA) is 104 Å². The first-order chi connectivity index (χ1) is 16.1. The van der Waals surface area contributed by atoms with E-state index in [1.54, 1.807) is 0 Å². The lowest BCUT2D eigenvalue weighted by atomic mass is 9.90. The Hall–Kier alpha value is -3.53. The van der Waals surface area contributed by atoms with Crippen molar-refractivity contribution in [2.45, 2.75) is 46.1 Å². The number of anilines is 1. The lowest BCUT2D eigenvalue weighted by Gasteiger charge is -2.15. The van der Waals surface area contributed by atoms with Gasteiger partial charge in [-0.15, -0.1) is 11.3 Å². The van der Waals surface area contributed by atoms with Gasteiger partial charge in [-0.05, 0) is 23.0 Å². The van der Waals surface area contributed by atoms with Gasteiger partial charge < -0.3 is 9.88 Å². The Balaban J connectivity index is 1.58. The molecule has 9 nitrogen and oxygen atoms in total. The lowest BCUT2D eigenvalue weighted by molar-refractivity contribution is -0.116. The van der Waals surface area contributed by atoms with E-state index in [4.69, 9.17) is 0 Å². The van der Waals surface area contributed by atoms with Gasteiger partial charge in [0.2, 0.25) is 5.91 Å². The van der Waals surface area contributed by atoms with Crippen LogP contribution in [-0.4, -0.2) is 29.6 Å². The quantitative estimate of drug-likeness (QED) is 0.455. The summed E-state index contributed by atoms with van der Waals surface area (Å²) in [5.41, 5.74) is 3.86. The Morgan fingerprint density at radius 1 is 1.09 bits per heavy atom. The molecule has 3 heterocycles. The van der Waals surface area contributed by atoms with Crippen molar-refractivity contribution >= 4 is 33.5 Å². The van der Waals surface area contributed by atoms with Crippen LogP contribution in [0.15, 0.2) is 39.5 Å². The van der Waals surface area contributed by atoms with Gasteiger partial charge in [-0.2, -0.15) is 0 Å². The van der Waals surface area contributed by atoms with Crippen LogP contribution in [0.5, 0.6) is 0 Å². The Kier molecular flexibility index (Phi) is 6.26. The summed E-state index contributed by atoms with van der Waals surface area (Å²) in [6, 6.07) is 6.46. The molecule has 178 valence electrons. The van der Waals surface area contributed by atoms with E-state index in [1.807, 2.05) is 5.38 Å². The number of hydrogen-bond donors (Lipinski definition) is 1. The van der Waals surface area contributed by atoms with E-state index in [1.165, 1.54) is 52.0 Å². The van der Waals surface area contributed by atoms with Crippen LogP contribution < -0.4 is 16.6 Å². The second kappa shape index (κ2) is 9.02. The summed E-state index contributed by atoms with van der Waals surface area (Å²) in [5.74, 6) is 0.437. The van der Waals surface area contributed by atoms with Gasteiger partial charge >= 0.3 is 5.69 Å². The van der Waals surface area contributed by atoms with Crippen molar-refractivity contribution in [3.05, 3.63) is 61.9 Å². The molecular formula is C24H28N6O3S. The number of nitrogens with one attached hydrogen (secondary N) is 1. The molecule has 0 saturated heterocycles. The summed E-state index contributed by atoms with van der Waals surface area (Å²) in [6.45, 7) is 8.54. The number of carbonyl (C=O) groups excluding carboxylic acids is 1. The van der Waals surface area contributed by atoms with Crippen molar-refractivity contribution in [2.75, 3.05) is 5.32 Å². The van der Waals surface area contributed by atoms with Crippen molar-refractivity contribution in [1.82, 2.24) is 23.7 Å². The molecule has 34 heavy (non-hydrogen) atoms. The zero-order valence-electron chi connectivity index (χ0n) is 20.1. The molecule has 0 aliphatic rings. The first-order valence-corrected chi connectivity index (χ1v) is 12.0. The molecule has 3 aromatic heterocycles.